The van der Waals surface area contributed by atoms with Crippen molar-refractivity contribution >= 4 is 0 Å². The fraction of sp³-hybridized carbons (Fsp3) is 0.0625. The highest BCUT2D eigenvalue weighted by Crippen LogP contribution is 2.26. The summed E-state index contributed by atoms with van der Waals surface area (Å²) in [6.45, 7) is 0. The average Bonchev–Trinajstić information content (AvgIpc) is 2.97. The lowest BCUT2D eigenvalue weighted by molar-refractivity contribution is 0.588. The number of aromatic amines is 1. The van der Waals surface area contributed by atoms with Crippen molar-refractivity contribution in [2.45, 2.75) is 6.04 Å². The second-order valence-electron chi connectivity index (χ2n) is 4.67. The minimum absolute atomic E-state index is 0.128. The Morgan fingerprint density at radius 2 is 1.62 bits per heavy atom. The van der Waals surface area contributed by atoms with Gasteiger partial charge in [0, 0.05) is 0 Å². The molecular formula is C16H13F2N3. The van der Waals surface area contributed by atoms with E-state index < -0.39 is 17.7 Å². The molecule has 1 unspecified atom stereocenters. The van der Waals surface area contributed by atoms with E-state index in [1.165, 1.54) is 24.4 Å². The van der Waals surface area contributed by atoms with Gasteiger partial charge in [-0.25, -0.2) is 13.8 Å². The minimum atomic E-state index is -0.640. The topological polar surface area (TPSA) is 54.7 Å². The van der Waals surface area contributed by atoms with Gasteiger partial charge >= 0.3 is 0 Å². The molecule has 0 bridgehead atoms. The van der Waals surface area contributed by atoms with Crippen LogP contribution >= 0.6 is 0 Å². The molecule has 3 aromatic rings. The van der Waals surface area contributed by atoms with Crippen molar-refractivity contribution in [3.63, 3.8) is 0 Å². The number of H-pyrrole nitrogens is 1. The third kappa shape index (κ3) is 2.55. The van der Waals surface area contributed by atoms with Gasteiger partial charge in [-0.1, -0.05) is 36.4 Å². The Bertz CT molecular complexity index is 733. The van der Waals surface area contributed by atoms with Gasteiger partial charge in [-0.3, -0.25) is 0 Å². The molecule has 1 aromatic heterocycles. The molecule has 0 aliphatic carbocycles. The fourth-order valence-corrected chi connectivity index (χ4v) is 2.20. The number of nitrogens with one attached hydrogen (secondary N) is 1. The summed E-state index contributed by atoms with van der Waals surface area (Å²) in [6.07, 6.45) is 1.39. The maximum Gasteiger partial charge on any atom is 0.135 e. The Labute approximate surface area is 120 Å². The zero-order valence-electron chi connectivity index (χ0n) is 11.1. The van der Waals surface area contributed by atoms with Crippen LogP contribution in [0.4, 0.5) is 8.78 Å². The van der Waals surface area contributed by atoms with Gasteiger partial charge in [0.25, 0.3) is 0 Å². The Hall–Kier alpha value is -2.53. The third-order valence-electron chi connectivity index (χ3n) is 3.28. The maximum atomic E-state index is 13.8. The highest BCUT2D eigenvalue weighted by atomic mass is 19.1. The molecule has 1 atom stereocenters. The van der Waals surface area contributed by atoms with Crippen molar-refractivity contribution in [2.75, 3.05) is 0 Å². The van der Waals surface area contributed by atoms with Crippen LogP contribution in [0.25, 0.3) is 11.3 Å². The number of halogens is 2. The molecule has 21 heavy (non-hydrogen) atoms. The van der Waals surface area contributed by atoms with E-state index in [9.17, 15) is 8.78 Å². The molecule has 0 saturated carbocycles. The summed E-state index contributed by atoms with van der Waals surface area (Å²) < 4.78 is 27.5. The van der Waals surface area contributed by atoms with Crippen LogP contribution in [0.5, 0.6) is 0 Å². The number of aromatic nitrogens is 2. The second-order valence-corrected chi connectivity index (χ2v) is 4.67. The maximum absolute atomic E-state index is 13.8. The van der Waals surface area contributed by atoms with Crippen LogP contribution in [-0.2, 0) is 0 Å². The lowest BCUT2D eigenvalue weighted by Crippen LogP contribution is -2.13. The molecule has 3 N–H and O–H groups in total. The summed E-state index contributed by atoms with van der Waals surface area (Å²) in [6, 6.07) is 12.6. The molecule has 0 spiro atoms. The van der Waals surface area contributed by atoms with Crippen molar-refractivity contribution in [1.82, 2.24) is 9.97 Å². The van der Waals surface area contributed by atoms with Crippen LogP contribution in [0.2, 0.25) is 0 Å². The SMILES string of the molecule is NC(c1ccccc1)c1ncc(-c2c(F)cccc2F)[nH]1. The molecular weight excluding hydrogens is 272 g/mol. The van der Waals surface area contributed by atoms with Crippen LogP contribution < -0.4 is 5.73 Å². The second kappa shape index (κ2) is 5.46. The molecule has 0 fully saturated rings. The normalized spacial score (nSPS) is 12.3. The summed E-state index contributed by atoms with van der Waals surface area (Å²) in [5.41, 5.74) is 7.11. The zero-order valence-corrected chi connectivity index (χ0v) is 11.1. The summed E-state index contributed by atoms with van der Waals surface area (Å²) in [5, 5.41) is 0. The first-order valence-electron chi connectivity index (χ1n) is 6.46. The summed E-state index contributed by atoms with van der Waals surface area (Å²) in [4.78, 5) is 7.03. The predicted octanol–water partition coefficient (Wildman–Crippen LogP) is 3.40. The van der Waals surface area contributed by atoms with Gasteiger partial charge < -0.3 is 10.7 Å². The van der Waals surface area contributed by atoms with Gasteiger partial charge in [0.2, 0.25) is 0 Å². The first-order valence-corrected chi connectivity index (χ1v) is 6.46. The number of nitrogens with zero attached hydrogens (tertiary/aromatic N) is 1. The molecule has 3 rings (SSSR count). The molecule has 5 heteroatoms. The van der Waals surface area contributed by atoms with Crippen LogP contribution in [-0.4, -0.2) is 9.97 Å². The number of rotatable bonds is 3. The van der Waals surface area contributed by atoms with E-state index >= 15 is 0 Å². The molecule has 2 aromatic carbocycles. The van der Waals surface area contributed by atoms with Crippen LogP contribution in [0, 0.1) is 11.6 Å². The average molecular weight is 285 g/mol. The summed E-state index contributed by atoms with van der Waals surface area (Å²) in [7, 11) is 0. The first-order chi connectivity index (χ1) is 10.2. The van der Waals surface area contributed by atoms with Crippen molar-refractivity contribution in [3.8, 4) is 11.3 Å². The number of benzene rings is 2. The van der Waals surface area contributed by atoms with Crippen LogP contribution in [0.3, 0.4) is 0 Å². The lowest BCUT2D eigenvalue weighted by atomic mass is 10.1. The van der Waals surface area contributed by atoms with Gasteiger partial charge in [-0.2, -0.15) is 0 Å². The van der Waals surface area contributed by atoms with Crippen molar-refractivity contribution in [1.29, 1.82) is 0 Å². The van der Waals surface area contributed by atoms with Gasteiger partial charge in [0.1, 0.15) is 17.5 Å². The molecule has 0 aliphatic heterocycles. The standard InChI is InChI=1S/C16H13F2N3/c17-11-7-4-8-12(18)14(11)13-9-20-16(21-13)15(19)10-5-2-1-3-6-10/h1-9,15H,19H2,(H,20,21). The third-order valence-corrected chi connectivity index (χ3v) is 3.28. The van der Waals surface area contributed by atoms with E-state index in [0.717, 1.165) is 5.56 Å². The van der Waals surface area contributed by atoms with Crippen molar-refractivity contribution in [3.05, 3.63) is 77.8 Å². The smallest absolute Gasteiger partial charge is 0.135 e. The van der Waals surface area contributed by atoms with Gasteiger partial charge in [-0.05, 0) is 17.7 Å². The highest BCUT2D eigenvalue weighted by molar-refractivity contribution is 5.60. The first kappa shape index (κ1) is 13.5. The van der Waals surface area contributed by atoms with E-state index in [1.807, 2.05) is 30.3 Å². The summed E-state index contributed by atoms with van der Waals surface area (Å²) >= 11 is 0. The van der Waals surface area contributed by atoms with E-state index in [4.69, 9.17) is 5.73 Å². The van der Waals surface area contributed by atoms with Gasteiger partial charge in [0.05, 0.1) is 23.5 Å². The van der Waals surface area contributed by atoms with Crippen molar-refractivity contribution < 1.29 is 8.78 Å². The van der Waals surface area contributed by atoms with Gasteiger partial charge in [0.15, 0.2) is 0 Å². The molecule has 0 aliphatic rings. The highest BCUT2D eigenvalue weighted by Gasteiger charge is 2.17. The monoisotopic (exact) mass is 285 g/mol. The molecule has 0 amide bonds. The molecule has 106 valence electrons. The molecule has 0 saturated heterocycles. The predicted molar refractivity (Wildman–Crippen MR) is 76.4 cm³/mol. The lowest BCUT2D eigenvalue weighted by Gasteiger charge is -2.08. The molecule has 0 radical (unpaired) electrons. The van der Waals surface area contributed by atoms with E-state index in [2.05, 4.69) is 9.97 Å². The Morgan fingerprint density at radius 1 is 0.952 bits per heavy atom. The minimum Gasteiger partial charge on any atom is -0.340 e. The molecule has 3 nitrogen and oxygen atoms in total. The van der Waals surface area contributed by atoms with Crippen molar-refractivity contribution in [2.24, 2.45) is 5.73 Å². The Kier molecular flexibility index (Phi) is 3.50. The van der Waals surface area contributed by atoms with Gasteiger partial charge in [-0.15, -0.1) is 0 Å². The Morgan fingerprint density at radius 3 is 2.29 bits per heavy atom. The van der Waals surface area contributed by atoms with E-state index in [0.29, 0.717) is 5.82 Å². The molecule has 1 heterocycles. The number of imidazole rings is 1. The van der Waals surface area contributed by atoms with Crippen LogP contribution in [0.15, 0.2) is 54.7 Å². The quantitative estimate of drug-likeness (QED) is 0.775. The Balaban J connectivity index is 1.97. The fourth-order valence-electron chi connectivity index (χ4n) is 2.20. The largest absolute Gasteiger partial charge is 0.340 e. The summed E-state index contributed by atoms with van der Waals surface area (Å²) in [5.74, 6) is -0.823. The van der Waals surface area contributed by atoms with E-state index in [-0.39, 0.29) is 11.3 Å². The number of nitrogens with two attached hydrogens (primary N) is 1. The zero-order chi connectivity index (χ0) is 14.8. The van der Waals surface area contributed by atoms with E-state index in [1.54, 1.807) is 0 Å². The number of hydrogen-bond donors (Lipinski definition) is 2. The number of hydrogen-bond acceptors (Lipinski definition) is 2. The van der Waals surface area contributed by atoms with Crippen LogP contribution in [0.1, 0.15) is 17.4 Å².